The minimum atomic E-state index is -0.444. The number of benzene rings is 2. The molecule has 0 spiro atoms. The van der Waals surface area contributed by atoms with Gasteiger partial charge in [-0.1, -0.05) is 64.5 Å². The standard InChI is InChI=1S/C25H24BrNO3/c1-3-30-25(29)22-15(2)27-20-13-17(16-9-5-4-6-10-16)14-21(28)24(20)23(22)18-11-7-8-12-19(18)26/h4-12,17,23,27H,3,13-14H2,1-2H3/t17-,23-/m0/s1. The zero-order valence-electron chi connectivity index (χ0n) is 17.1. The van der Waals surface area contributed by atoms with Crippen molar-refractivity contribution in [1.29, 1.82) is 0 Å². The fraction of sp³-hybridized carbons (Fsp3) is 0.280. The van der Waals surface area contributed by atoms with E-state index in [0.717, 1.165) is 33.4 Å². The Bertz CT molecular complexity index is 1060. The monoisotopic (exact) mass is 465 g/mol. The quantitative estimate of drug-likeness (QED) is 0.616. The first-order valence-electron chi connectivity index (χ1n) is 10.2. The number of esters is 1. The average Bonchev–Trinajstić information content (AvgIpc) is 2.74. The highest BCUT2D eigenvalue weighted by atomic mass is 79.9. The fourth-order valence-corrected chi connectivity index (χ4v) is 5.01. The van der Waals surface area contributed by atoms with E-state index < -0.39 is 5.92 Å². The van der Waals surface area contributed by atoms with Crippen LogP contribution >= 0.6 is 15.9 Å². The number of ketones is 1. The van der Waals surface area contributed by atoms with Crippen molar-refractivity contribution in [3.63, 3.8) is 0 Å². The Morgan fingerprint density at radius 2 is 1.80 bits per heavy atom. The Labute approximate surface area is 185 Å². The van der Waals surface area contributed by atoms with Crippen LogP contribution < -0.4 is 5.32 Å². The molecular weight excluding hydrogens is 442 g/mol. The number of rotatable bonds is 4. The van der Waals surface area contributed by atoms with Crippen molar-refractivity contribution in [3.05, 3.63) is 92.7 Å². The van der Waals surface area contributed by atoms with Crippen LogP contribution in [-0.2, 0) is 14.3 Å². The van der Waals surface area contributed by atoms with E-state index in [-0.39, 0.29) is 24.3 Å². The lowest BCUT2D eigenvalue weighted by molar-refractivity contribution is -0.138. The van der Waals surface area contributed by atoms with Crippen LogP contribution in [0.5, 0.6) is 0 Å². The molecule has 0 fully saturated rings. The molecule has 4 rings (SSSR count). The average molecular weight is 466 g/mol. The van der Waals surface area contributed by atoms with Crippen LogP contribution in [0, 0.1) is 0 Å². The van der Waals surface area contributed by atoms with E-state index in [0.29, 0.717) is 17.6 Å². The lowest BCUT2D eigenvalue weighted by Crippen LogP contribution is -2.36. The number of allylic oxidation sites excluding steroid dienone is 3. The Morgan fingerprint density at radius 1 is 1.10 bits per heavy atom. The summed E-state index contributed by atoms with van der Waals surface area (Å²) in [6, 6.07) is 17.9. The van der Waals surface area contributed by atoms with Gasteiger partial charge in [0.25, 0.3) is 0 Å². The van der Waals surface area contributed by atoms with Gasteiger partial charge in [0, 0.05) is 33.8 Å². The molecule has 0 radical (unpaired) electrons. The second kappa shape index (κ2) is 8.60. The van der Waals surface area contributed by atoms with Crippen molar-refractivity contribution < 1.29 is 14.3 Å². The molecule has 30 heavy (non-hydrogen) atoms. The molecule has 0 unspecified atom stereocenters. The number of Topliss-reactive ketones (excluding diaryl/α,β-unsaturated/α-hetero) is 1. The molecule has 4 nitrogen and oxygen atoms in total. The second-order valence-corrected chi connectivity index (χ2v) is 8.52. The summed E-state index contributed by atoms with van der Waals surface area (Å²) in [6.45, 7) is 3.96. The summed E-state index contributed by atoms with van der Waals surface area (Å²) >= 11 is 3.62. The molecule has 2 aliphatic rings. The molecule has 0 bridgehead atoms. The largest absolute Gasteiger partial charge is 0.463 e. The maximum atomic E-state index is 13.5. The summed E-state index contributed by atoms with van der Waals surface area (Å²) in [5.41, 5.74) is 4.91. The maximum absolute atomic E-state index is 13.5. The summed E-state index contributed by atoms with van der Waals surface area (Å²) < 4.78 is 6.23. The van der Waals surface area contributed by atoms with E-state index in [1.807, 2.05) is 49.4 Å². The number of nitrogens with one attached hydrogen (secondary N) is 1. The number of hydrogen-bond acceptors (Lipinski definition) is 4. The van der Waals surface area contributed by atoms with Crippen LogP contribution in [-0.4, -0.2) is 18.4 Å². The predicted molar refractivity (Wildman–Crippen MR) is 120 cm³/mol. The molecule has 5 heteroatoms. The van der Waals surface area contributed by atoms with Gasteiger partial charge in [-0.05, 0) is 43.4 Å². The molecule has 2 atom stereocenters. The highest BCUT2D eigenvalue weighted by molar-refractivity contribution is 9.10. The molecule has 2 aromatic rings. The van der Waals surface area contributed by atoms with E-state index in [1.54, 1.807) is 6.92 Å². The minimum Gasteiger partial charge on any atom is -0.463 e. The van der Waals surface area contributed by atoms with Crippen LogP contribution in [0.3, 0.4) is 0 Å². The summed E-state index contributed by atoms with van der Waals surface area (Å²) in [5.74, 6) is -0.623. The molecule has 154 valence electrons. The Balaban J connectivity index is 1.82. The van der Waals surface area contributed by atoms with Crippen molar-refractivity contribution in [2.45, 2.75) is 38.5 Å². The van der Waals surface area contributed by atoms with Crippen molar-refractivity contribution in [2.75, 3.05) is 6.61 Å². The molecule has 1 aliphatic heterocycles. The van der Waals surface area contributed by atoms with Gasteiger partial charge < -0.3 is 10.1 Å². The molecule has 0 saturated heterocycles. The smallest absolute Gasteiger partial charge is 0.336 e. The first kappa shape index (κ1) is 20.6. The third kappa shape index (κ3) is 3.74. The van der Waals surface area contributed by atoms with Crippen LogP contribution in [0.1, 0.15) is 49.7 Å². The summed E-state index contributed by atoms with van der Waals surface area (Å²) in [4.78, 5) is 26.4. The maximum Gasteiger partial charge on any atom is 0.336 e. The van der Waals surface area contributed by atoms with E-state index in [1.165, 1.54) is 0 Å². The van der Waals surface area contributed by atoms with Gasteiger partial charge in [0.05, 0.1) is 12.2 Å². The van der Waals surface area contributed by atoms with E-state index in [2.05, 4.69) is 33.4 Å². The van der Waals surface area contributed by atoms with Crippen LogP contribution in [0.15, 0.2) is 81.6 Å². The van der Waals surface area contributed by atoms with Gasteiger partial charge in [0.1, 0.15) is 0 Å². The van der Waals surface area contributed by atoms with Gasteiger partial charge in [-0.3, -0.25) is 4.79 Å². The summed E-state index contributed by atoms with van der Waals surface area (Å²) in [6.07, 6.45) is 1.17. The highest BCUT2D eigenvalue weighted by Crippen LogP contribution is 2.47. The molecule has 0 saturated carbocycles. The lowest BCUT2D eigenvalue weighted by Gasteiger charge is -2.37. The predicted octanol–water partition coefficient (Wildman–Crippen LogP) is 5.37. The summed E-state index contributed by atoms with van der Waals surface area (Å²) in [7, 11) is 0. The topological polar surface area (TPSA) is 55.4 Å². The molecule has 1 heterocycles. The van der Waals surface area contributed by atoms with Crippen LogP contribution in [0.4, 0.5) is 0 Å². The highest BCUT2D eigenvalue weighted by Gasteiger charge is 2.41. The molecule has 0 amide bonds. The number of dihydropyridines is 1. The van der Waals surface area contributed by atoms with Crippen molar-refractivity contribution in [1.82, 2.24) is 5.32 Å². The zero-order chi connectivity index (χ0) is 21.3. The van der Waals surface area contributed by atoms with Crippen molar-refractivity contribution in [3.8, 4) is 0 Å². The zero-order valence-corrected chi connectivity index (χ0v) is 18.7. The van der Waals surface area contributed by atoms with Gasteiger partial charge in [0.15, 0.2) is 5.78 Å². The Morgan fingerprint density at radius 3 is 2.50 bits per heavy atom. The molecule has 1 aliphatic carbocycles. The second-order valence-electron chi connectivity index (χ2n) is 7.67. The Kier molecular flexibility index (Phi) is 5.91. The number of carbonyl (C=O) groups excluding carboxylic acids is 2. The van der Waals surface area contributed by atoms with E-state index in [4.69, 9.17) is 4.74 Å². The third-order valence-electron chi connectivity index (χ3n) is 5.81. The van der Waals surface area contributed by atoms with Gasteiger partial charge in [-0.2, -0.15) is 0 Å². The fourth-order valence-electron chi connectivity index (χ4n) is 4.50. The number of ether oxygens (including phenoxy) is 1. The van der Waals surface area contributed by atoms with Crippen molar-refractivity contribution >= 4 is 27.7 Å². The van der Waals surface area contributed by atoms with Crippen molar-refractivity contribution in [2.24, 2.45) is 0 Å². The SMILES string of the molecule is CCOC(=O)C1=C(C)NC2=C(C(=O)C[C@@H](c3ccccc3)C2)[C@H]1c1ccccc1Br. The molecule has 1 N–H and O–H groups in total. The van der Waals surface area contributed by atoms with Gasteiger partial charge in [-0.15, -0.1) is 0 Å². The van der Waals surface area contributed by atoms with E-state index >= 15 is 0 Å². The molecular formula is C25H24BrNO3. The van der Waals surface area contributed by atoms with Gasteiger partial charge in [-0.25, -0.2) is 4.79 Å². The summed E-state index contributed by atoms with van der Waals surface area (Å²) in [5, 5.41) is 3.38. The first-order valence-corrected chi connectivity index (χ1v) is 11.0. The normalized spacial score (nSPS) is 21.2. The number of halogens is 1. The molecule has 2 aromatic carbocycles. The third-order valence-corrected chi connectivity index (χ3v) is 6.53. The Hall–Kier alpha value is -2.66. The van der Waals surface area contributed by atoms with Crippen LogP contribution in [0.25, 0.3) is 0 Å². The minimum absolute atomic E-state index is 0.0765. The van der Waals surface area contributed by atoms with Crippen LogP contribution in [0.2, 0.25) is 0 Å². The van der Waals surface area contributed by atoms with E-state index in [9.17, 15) is 9.59 Å². The molecule has 0 aromatic heterocycles. The first-order chi connectivity index (χ1) is 14.5. The van der Waals surface area contributed by atoms with Gasteiger partial charge >= 0.3 is 5.97 Å². The number of hydrogen-bond donors (Lipinski definition) is 1. The van der Waals surface area contributed by atoms with Gasteiger partial charge in [0.2, 0.25) is 0 Å². The number of carbonyl (C=O) groups is 2. The lowest BCUT2D eigenvalue weighted by atomic mass is 9.72.